The quantitative estimate of drug-likeness (QED) is 0.920. The molecule has 2 aromatic heterocycles. The minimum Gasteiger partial charge on any atom is -0.366 e. The molecule has 0 spiro atoms. The van der Waals surface area contributed by atoms with Crippen LogP contribution in [0.4, 0.5) is 13.2 Å². The fourth-order valence-electron chi connectivity index (χ4n) is 1.51. The highest BCUT2D eigenvalue weighted by Crippen LogP contribution is 2.20. The summed E-state index contributed by atoms with van der Waals surface area (Å²) in [5.41, 5.74) is 5.86. The van der Waals surface area contributed by atoms with E-state index in [0.29, 0.717) is 0 Å². The highest BCUT2D eigenvalue weighted by Gasteiger charge is 2.27. The van der Waals surface area contributed by atoms with Crippen molar-refractivity contribution in [1.82, 2.24) is 14.5 Å². The molecule has 0 aliphatic rings. The first-order valence-corrected chi connectivity index (χ1v) is 5.20. The van der Waals surface area contributed by atoms with Gasteiger partial charge in [-0.25, -0.2) is 4.98 Å². The van der Waals surface area contributed by atoms with Gasteiger partial charge in [0, 0.05) is 18.0 Å². The molecule has 2 N–H and O–H groups in total. The van der Waals surface area contributed by atoms with Gasteiger partial charge < -0.3 is 10.3 Å². The average molecular weight is 270 g/mol. The van der Waals surface area contributed by atoms with Crippen LogP contribution in [0, 0.1) is 0 Å². The number of aromatic nitrogens is 3. The third-order valence-corrected chi connectivity index (χ3v) is 2.30. The summed E-state index contributed by atoms with van der Waals surface area (Å²) in [5, 5.41) is 0. The molecule has 19 heavy (non-hydrogen) atoms. The van der Waals surface area contributed by atoms with Gasteiger partial charge in [0.1, 0.15) is 12.2 Å². The van der Waals surface area contributed by atoms with Crippen molar-refractivity contribution >= 4 is 5.91 Å². The zero-order valence-corrected chi connectivity index (χ0v) is 9.55. The highest BCUT2D eigenvalue weighted by molar-refractivity contribution is 5.93. The van der Waals surface area contributed by atoms with Gasteiger partial charge in [-0.05, 0) is 12.1 Å². The Hall–Kier alpha value is -2.38. The van der Waals surface area contributed by atoms with Crippen molar-refractivity contribution in [3.63, 3.8) is 0 Å². The normalized spacial score (nSPS) is 11.5. The maximum absolute atomic E-state index is 12.2. The van der Waals surface area contributed by atoms with Crippen LogP contribution in [0.15, 0.2) is 30.9 Å². The van der Waals surface area contributed by atoms with Crippen molar-refractivity contribution in [3.8, 4) is 11.4 Å². The number of imidazole rings is 1. The third-order valence-electron chi connectivity index (χ3n) is 2.30. The Morgan fingerprint density at radius 2 is 2.05 bits per heavy atom. The number of alkyl halides is 3. The first-order chi connectivity index (χ1) is 8.85. The van der Waals surface area contributed by atoms with Crippen molar-refractivity contribution in [3.05, 3.63) is 36.4 Å². The van der Waals surface area contributed by atoms with Crippen LogP contribution >= 0.6 is 0 Å². The smallest absolute Gasteiger partial charge is 0.366 e. The molecule has 8 heteroatoms. The van der Waals surface area contributed by atoms with Gasteiger partial charge in [0.15, 0.2) is 0 Å². The van der Waals surface area contributed by atoms with Gasteiger partial charge in [-0.15, -0.1) is 0 Å². The molecule has 1 amide bonds. The van der Waals surface area contributed by atoms with E-state index in [-0.39, 0.29) is 17.0 Å². The molecule has 100 valence electrons. The molecule has 2 rings (SSSR count). The third kappa shape index (κ3) is 3.30. The molecule has 0 aromatic carbocycles. The second-order valence-electron chi connectivity index (χ2n) is 3.84. The Kier molecular flexibility index (Phi) is 3.24. The van der Waals surface area contributed by atoms with Gasteiger partial charge >= 0.3 is 6.18 Å². The predicted octanol–water partition coefficient (Wildman–Crippen LogP) is 1.61. The number of nitrogens with two attached hydrogens (primary N) is 1. The highest BCUT2D eigenvalue weighted by atomic mass is 19.4. The van der Waals surface area contributed by atoms with Crippen LogP contribution in [-0.4, -0.2) is 26.6 Å². The van der Waals surface area contributed by atoms with Gasteiger partial charge in [0.2, 0.25) is 5.91 Å². The maximum Gasteiger partial charge on any atom is 0.406 e. The molecule has 0 fully saturated rings. The van der Waals surface area contributed by atoms with Crippen molar-refractivity contribution in [2.45, 2.75) is 12.7 Å². The maximum atomic E-state index is 12.2. The Bertz CT molecular complexity index is 606. The van der Waals surface area contributed by atoms with E-state index < -0.39 is 18.6 Å². The number of primary amides is 1. The van der Waals surface area contributed by atoms with E-state index >= 15 is 0 Å². The summed E-state index contributed by atoms with van der Waals surface area (Å²) >= 11 is 0. The summed E-state index contributed by atoms with van der Waals surface area (Å²) in [6.07, 6.45) is -0.708. The van der Waals surface area contributed by atoms with E-state index in [4.69, 9.17) is 5.73 Å². The summed E-state index contributed by atoms with van der Waals surface area (Å²) in [6, 6.07) is 2.79. The zero-order valence-electron chi connectivity index (χ0n) is 9.55. The van der Waals surface area contributed by atoms with E-state index in [1.165, 1.54) is 24.5 Å². The van der Waals surface area contributed by atoms with E-state index in [1.54, 1.807) is 0 Å². The lowest BCUT2D eigenvalue weighted by atomic mass is 10.2. The molecule has 0 bridgehead atoms. The van der Waals surface area contributed by atoms with Gasteiger partial charge in [-0.2, -0.15) is 13.2 Å². The number of halogens is 3. The first kappa shape index (κ1) is 13.1. The predicted molar refractivity (Wildman–Crippen MR) is 60.0 cm³/mol. The van der Waals surface area contributed by atoms with Crippen molar-refractivity contribution in [1.29, 1.82) is 0 Å². The van der Waals surface area contributed by atoms with E-state index in [1.807, 2.05) is 0 Å². The van der Waals surface area contributed by atoms with Crippen LogP contribution in [-0.2, 0) is 6.54 Å². The van der Waals surface area contributed by atoms with Crippen LogP contribution in [0.3, 0.4) is 0 Å². The molecule has 0 aliphatic heterocycles. The van der Waals surface area contributed by atoms with Crippen LogP contribution in [0.1, 0.15) is 10.4 Å². The van der Waals surface area contributed by atoms with Gasteiger partial charge in [0.05, 0.1) is 12.0 Å². The molecule has 0 radical (unpaired) electrons. The summed E-state index contributed by atoms with van der Waals surface area (Å²) in [5.74, 6) is -0.640. The van der Waals surface area contributed by atoms with Crippen LogP contribution < -0.4 is 5.73 Å². The number of hydrogen-bond acceptors (Lipinski definition) is 3. The number of nitrogens with zero attached hydrogens (tertiary/aromatic N) is 3. The second kappa shape index (κ2) is 4.71. The molecule has 5 nitrogen and oxygen atoms in total. The molecule has 0 atom stereocenters. The zero-order chi connectivity index (χ0) is 14.0. The van der Waals surface area contributed by atoms with E-state index in [2.05, 4.69) is 9.97 Å². The topological polar surface area (TPSA) is 73.8 Å². The van der Waals surface area contributed by atoms with Crippen molar-refractivity contribution < 1.29 is 18.0 Å². The first-order valence-electron chi connectivity index (χ1n) is 5.20. The summed E-state index contributed by atoms with van der Waals surface area (Å²) in [6.45, 7) is -1.13. The standard InChI is InChI=1S/C11H9F3N4O/c12-11(13,14)5-18-4-9(17-6-18)8-3-7(10(15)19)1-2-16-8/h1-4,6H,5H2,(H2,15,19). The lowest BCUT2D eigenvalue weighted by Gasteiger charge is -2.05. The van der Waals surface area contributed by atoms with Gasteiger partial charge in [0.25, 0.3) is 0 Å². The molecule has 0 saturated carbocycles. The Morgan fingerprint density at radius 3 is 2.68 bits per heavy atom. The number of hydrogen-bond donors (Lipinski definition) is 1. The largest absolute Gasteiger partial charge is 0.406 e. The van der Waals surface area contributed by atoms with Crippen molar-refractivity contribution in [2.75, 3.05) is 0 Å². The molecule has 2 aromatic rings. The van der Waals surface area contributed by atoms with E-state index in [9.17, 15) is 18.0 Å². The average Bonchev–Trinajstić information content (AvgIpc) is 2.75. The minimum absolute atomic E-state index is 0.218. The summed E-state index contributed by atoms with van der Waals surface area (Å²) < 4.78 is 37.5. The number of amides is 1. The molecule has 2 heterocycles. The summed E-state index contributed by atoms with van der Waals surface area (Å²) in [4.78, 5) is 18.8. The molecular weight excluding hydrogens is 261 g/mol. The van der Waals surface area contributed by atoms with Crippen LogP contribution in [0.5, 0.6) is 0 Å². The van der Waals surface area contributed by atoms with E-state index in [0.717, 1.165) is 10.9 Å². The number of carbonyl (C=O) groups excluding carboxylic acids is 1. The second-order valence-corrected chi connectivity index (χ2v) is 3.84. The lowest BCUT2D eigenvalue weighted by Crippen LogP contribution is -2.16. The SMILES string of the molecule is NC(=O)c1ccnc(-c2cn(CC(F)(F)F)cn2)c1. The summed E-state index contributed by atoms with van der Waals surface area (Å²) in [7, 11) is 0. The fraction of sp³-hybridized carbons (Fsp3) is 0.182. The molecular formula is C11H9F3N4O. The van der Waals surface area contributed by atoms with Crippen LogP contribution in [0.2, 0.25) is 0 Å². The molecule has 0 aliphatic carbocycles. The fourth-order valence-corrected chi connectivity index (χ4v) is 1.51. The number of pyridine rings is 1. The van der Waals surface area contributed by atoms with Gasteiger partial charge in [-0.1, -0.05) is 0 Å². The van der Waals surface area contributed by atoms with Crippen molar-refractivity contribution in [2.24, 2.45) is 5.73 Å². The minimum atomic E-state index is -4.32. The van der Waals surface area contributed by atoms with Crippen LogP contribution in [0.25, 0.3) is 11.4 Å². The number of carbonyl (C=O) groups is 1. The number of rotatable bonds is 3. The monoisotopic (exact) mass is 270 g/mol. The lowest BCUT2D eigenvalue weighted by molar-refractivity contribution is -0.140. The Balaban J connectivity index is 2.28. The Labute approximate surface area is 105 Å². The Morgan fingerprint density at radius 1 is 1.32 bits per heavy atom. The molecule has 0 saturated heterocycles. The molecule has 0 unspecified atom stereocenters. The van der Waals surface area contributed by atoms with Gasteiger partial charge in [-0.3, -0.25) is 9.78 Å².